The average Bonchev–Trinajstić information content (AvgIpc) is 2.80. The van der Waals surface area contributed by atoms with Gasteiger partial charge in [0.2, 0.25) is 6.79 Å². The normalized spacial score (nSPS) is 18.9. The zero-order chi connectivity index (χ0) is 12.6. The quantitative estimate of drug-likeness (QED) is 0.819. The van der Waals surface area contributed by atoms with Gasteiger partial charge < -0.3 is 14.4 Å². The molecule has 1 aromatic carbocycles. The van der Waals surface area contributed by atoms with Crippen molar-refractivity contribution in [2.75, 3.05) is 25.3 Å². The average molecular weight is 244 g/mol. The molecule has 1 saturated carbocycles. The Morgan fingerprint density at radius 1 is 1.33 bits per heavy atom. The third-order valence-electron chi connectivity index (χ3n) is 3.88. The predicted octanol–water partition coefficient (Wildman–Crippen LogP) is 2.55. The van der Waals surface area contributed by atoms with E-state index in [1.54, 1.807) is 0 Å². The second-order valence-electron chi connectivity index (χ2n) is 5.14. The van der Waals surface area contributed by atoms with E-state index in [-0.39, 0.29) is 5.41 Å². The first-order valence-corrected chi connectivity index (χ1v) is 6.24. The number of benzene rings is 1. The molecule has 0 atom stereocenters. The minimum absolute atomic E-state index is 0.148. The summed E-state index contributed by atoms with van der Waals surface area (Å²) in [6, 6.07) is 8.38. The van der Waals surface area contributed by atoms with Crippen molar-refractivity contribution < 1.29 is 9.47 Å². The van der Waals surface area contributed by atoms with Crippen molar-refractivity contribution in [1.29, 1.82) is 5.26 Å². The lowest BCUT2D eigenvalue weighted by Crippen LogP contribution is -2.39. The molecule has 94 valence electrons. The number of nitriles is 1. The molecule has 3 rings (SSSR count). The van der Waals surface area contributed by atoms with Crippen molar-refractivity contribution in [2.24, 2.45) is 5.41 Å². The topological polar surface area (TPSA) is 45.5 Å². The summed E-state index contributed by atoms with van der Waals surface area (Å²) in [5.41, 5.74) is 0.922. The number of ether oxygens (including phenoxy) is 2. The lowest BCUT2D eigenvalue weighted by atomic mass is 9.69. The fourth-order valence-corrected chi connectivity index (χ4v) is 2.58. The molecule has 1 aromatic rings. The van der Waals surface area contributed by atoms with Crippen LogP contribution in [0, 0.1) is 16.7 Å². The van der Waals surface area contributed by atoms with Crippen molar-refractivity contribution in [2.45, 2.75) is 19.3 Å². The van der Waals surface area contributed by atoms with Crippen LogP contribution in [-0.2, 0) is 0 Å². The Morgan fingerprint density at radius 2 is 2.11 bits per heavy atom. The predicted molar refractivity (Wildman–Crippen MR) is 67.7 cm³/mol. The molecule has 4 nitrogen and oxygen atoms in total. The summed E-state index contributed by atoms with van der Waals surface area (Å²) in [5.74, 6) is 1.59. The second kappa shape index (κ2) is 4.09. The van der Waals surface area contributed by atoms with Crippen LogP contribution in [0.25, 0.3) is 0 Å². The lowest BCUT2D eigenvalue weighted by molar-refractivity contribution is 0.174. The Bertz CT molecular complexity index is 503. The maximum absolute atomic E-state index is 9.27. The zero-order valence-electron chi connectivity index (χ0n) is 10.5. The molecule has 0 unspecified atom stereocenters. The van der Waals surface area contributed by atoms with Crippen LogP contribution in [0.15, 0.2) is 18.2 Å². The molecule has 4 heteroatoms. The Kier molecular flexibility index (Phi) is 2.55. The third-order valence-corrected chi connectivity index (χ3v) is 3.88. The van der Waals surface area contributed by atoms with E-state index < -0.39 is 0 Å². The van der Waals surface area contributed by atoms with Gasteiger partial charge in [-0.05, 0) is 25.0 Å². The van der Waals surface area contributed by atoms with E-state index in [2.05, 4.69) is 11.0 Å². The molecule has 0 radical (unpaired) electrons. The van der Waals surface area contributed by atoms with Gasteiger partial charge in [-0.15, -0.1) is 0 Å². The van der Waals surface area contributed by atoms with E-state index in [9.17, 15) is 5.26 Å². The molecule has 0 amide bonds. The number of rotatable bonds is 3. The molecule has 1 heterocycles. The standard InChI is InChI=1S/C14H16N2O2/c1-16(9-14(8-15)5-2-6-14)11-3-4-12-13(7-11)18-10-17-12/h3-4,7H,2,5-6,9-10H2,1H3. The van der Waals surface area contributed by atoms with E-state index >= 15 is 0 Å². The van der Waals surface area contributed by atoms with Crippen molar-refractivity contribution in [3.63, 3.8) is 0 Å². The summed E-state index contributed by atoms with van der Waals surface area (Å²) in [4.78, 5) is 2.13. The summed E-state index contributed by atoms with van der Waals surface area (Å²) < 4.78 is 10.7. The Morgan fingerprint density at radius 3 is 2.78 bits per heavy atom. The lowest BCUT2D eigenvalue weighted by Gasteiger charge is -2.39. The van der Waals surface area contributed by atoms with Crippen molar-refractivity contribution in [3.05, 3.63) is 18.2 Å². The number of hydrogen-bond acceptors (Lipinski definition) is 4. The van der Waals surface area contributed by atoms with Gasteiger partial charge in [-0.1, -0.05) is 6.42 Å². The van der Waals surface area contributed by atoms with Crippen LogP contribution in [0.1, 0.15) is 19.3 Å². The maximum Gasteiger partial charge on any atom is 0.231 e. The van der Waals surface area contributed by atoms with Crippen LogP contribution in [0.5, 0.6) is 11.5 Å². The van der Waals surface area contributed by atoms with Crippen LogP contribution in [0.2, 0.25) is 0 Å². The molecule has 1 fully saturated rings. The van der Waals surface area contributed by atoms with Gasteiger partial charge in [-0.25, -0.2) is 0 Å². The molecule has 0 aromatic heterocycles. The van der Waals surface area contributed by atoms with Gasteiger partial charge in [0, 0.05) is 25.3 Å². The monoisotopic (exact) mass is 244 g/mol. The molecule has 2 aliphatic rings. The Hall–Kier alpha value is -1.89. The molecule has 0 saturated heterocycles. The summed E-state index contributed by atoms with van der Waals surface area (Å²) in [6.07, 6.45) is 3.19. The van der Waals surface area contributed by atoms with E-state index in [4.69, 9.17) is 9.47 Å². The third kappa shape index (κ3) is 1.76. The second-order valence-corrected chi connectivity index (χ2v) is 5.14. The summed E-state index contributed by atoms with van der Waals surface area (Å²) in [6.45, 7) is 1.08. The van der Waals surface area contributed by atoms with Gasteiger partial charge in [0.25, 0.3) is 0 Å². The molecule has 1 aliphatic carbocycles. The SMILES string of the molecule is CN(CC1(C#N)CCC1)c1ccc2c(c1)OCO2. The van der Waals surface area contributed by atoms with E-state index in [1.165, 1.54) is 6.42 Å². The van der Waals surface area contributed by atoms with E-state index in [0.29, 0.717) is 6.79 Å². The molecule has 0 bridgehead atoms. The number of nitrogens with zero attached hydrogens (tertiary/aromatic N) is 2. The smallest absolute Gasteiger partial charge is 0.231 e. The van der Waals surface area contributed by atoms with Crippen LogP contribution in [0.3, 0.4) is 0 Å². The highest BCUT2D eigenvalue weighted by atomic mass is 16.7. The van der Waals surface area contributed by atoms with Gasteiger partial charge in [-0.3, -0.25) is 0 Å². The van der Waals surface area contributed by atoms with Crippen molar-refractivity contribution in [3.8, 4) is 17.6 Å². The molecular formula is C14H16N2O2. The Balaban J connectivity index is 1.76. The first-order chi connectivity index (χ1) is 8.72. The van der Waals surface area contributed by atoms with Crippen LogP contribution in [-0.4, -0.2) is 20.4 Å². The van der Waals surface area contributed by atoms with Gasteiger partial charge in [-0.2, -0.15) is 5.26 Å². The Labute approximate surface area is 107 Å². The number of hydrogen-bond donors (Lipinski definition) is 0. The van der Waals surface area contributed by atoms with E-state index in [0.717, 1.165) is 36.6 Å². The highest BCUT2D eigenvalue weighted by molar-refractivity contribution is 5.57. The summed E-state index contributed by atoms with van der Waals surface area (Å²) >= 11 is 0. The molecular weight excluding hydrogens is 228 g/mol. The molecule has 18 heavy (non-hydrogen) atoms. The first-order valence-electron chi connectivity index (χ1n) is 6.24. The van der Waals surface area contributed by atoms with Gasteiger partial charge >= 0.3 is 0 Å². The van der Waals surface area contributed by atoms with E-state index in [1.807, 2.05) is 25.2 Å². The van der Waals surface area contributed by atoms with Gasteiger partial charge in [0.1, 0.15) is 0 Å². The number of fused-ring (bicyclic) bond motifs is 1. The fourth-order valence-electron chi connectivity index (χ4n) is 2.58. The minimum atomic E-state index is -0.148. The van der Waals surface area contributed by atoms with Gasteiger partial charge in [0.15, 0.2) is 11.5 Å². The fraction of sp³-hybridized carbons (Fsp3) is 0.500. The minimum Gasteiger partial charge on any atom is -0.454 e. The van der Waals surface area contributed by atoms with Crippen molar-refractivity contribution in [1.82, 2.24) is 0 Å². The zero-order valence-corrected chi connectivity index (χ0v) is 10.5. The molecule has 1 aliphatic heterocycles. The van der Waals surface area contributed by atoms with Crippen molar-refractivity contribution >= 4 is 5.69 Å². The summed E-state index contributed by atoms with van der Waals surface area (Å²) in [5, 5.41) is 9.27. The van der Waals surface area contributed by atoms with Crippen LogP contribution >= 0.6 is 0 Å². The van der Waals surface area contributed by atoms with Crippen LogP contribution < -0.4 is 14.4 Å². The first kappa shape index (κ1) is 11.2. The van der Waals surface area contributed by atoms with Gasteiger partial charge in [0.05, 0.1) is 11.5 Å². The highest BCUT2D eigenvalue weighted by Gasteiger charge is 2.38. The molecule has 0 N–H and O–H groups in total. The number of anilines is 1. The van der Waals surface area contributed by atoms with Crippen LogP contribution in [0.4, 0.5) is 5.69 Å². The highest BCUT2D eigenvalue weighted by Crippen LogP contribution is 2.42. The molecule has 0 spiro atoms. The summed E-state index contributed by atoms with van der Waals surface area (Å²) in [7, 11) is 2.02. The largest absolute Gasteiger partial charge is 0.454 e. The maximum atomic E-state index is 9.27.